The average Bonchev–Trinajstić information content (AvgIpc) is 2.65. The van der Waals surface area contributed by atoms with Crippen molar-refractivity contribution in [3.8, 4) is 12.1 Å². The minimum atomic E-state index is -0.626. The van der Waals surface area contributed by atoms with Crippen LogP contribution < -0.4 is 10.6 Å². The summed E-state index contributed by atoms with van der Waals surface area (Å²) in [5.74, 6) is -0.474. The van der Waals surface area contributed by atoms with Crippen molar-refractivity contribution in [2.24, 2.45) is 0 Å². The van der Waals surface area contributed by atoms with Crippen molar-refractivity contribution in [2.45, 2.75) is 0 Å². The van der Waals surface area contributed by atoms with Crippen molar-refractivity contribution in [3.05, 3.63) is 71.7 Å². The SMILES string of the molecule is N#Cc1cccc(Nc2ncc(F)c(Nc3cccc(C#N)c3)n2)c1. The van der Waals surface area contributed by atoms with Gasteiger partial charge in [0.25, 0.3) is 0 Å². The van der Waals surface area contributed by atoms with E-state index in [9.17, 15) is 4.39 Å². The zero-order valence-electron chi connectivity index (χ0n) is 12.9. The first kappa shape index (κ1) is 15.9. The summed E-state index contributed by atoms with van der Waals surface area (Å²) in [6.07, 6.45) is 1.04. The quantitative estimate of drug-likeness (QED) is 0.754. The van der Waals surface area contributed by atoms with E-state index in [1.165, 1.54) is 0 Å². The minimum Gasteiger partial charge on any atom is -0.338 e. The molecule has 0 amide bonds. The Kier molecular flexibility index (Phi) is 4.50. The molecule has 0 saturated carbocycles. The molecule has 0 aliphatic carbocycles. The molecule has 0 atom stereocenters. The fourth-order valence-electron chi connectivity index (χ4n) is 2.11. The van der Waals surface area contributed by atoms with Gasteiger partial charge in [-0.1, -0.05) is 12.1 Å². The van der Waals surface area contributed by atoms with Gasteiger partial charge in [-0.25, -0.2) is 9.37 Å². The molecule has 0 bridgehead atoms. The number of aromatic nitrogens is 2. The van der Waals surface area contributed by atoms with E-state index in [0.717, 1.165) is 6.20 Å². The zero-order chi connectivity index (χ0) is 17.6. The number of rotatable bonds is 4. The summed E-state index contributed by atoms with van der Waals surface area (Å²) in [5, 5.41) is 23.6. The van der Waals surface area contributed by atoms with Crippen molar-refractivity contribution in [2.75, 3.05) is 10.6 Å². The fraction of sp³-hybridized carbons (Fsp3) is 0. The fourth-order valence-corrected chi connectivity index (χ4v) is 2.11. The molecule has 6 nitrogen and oxygen atoms in total. The van der Waals surface area contributed by atoms with E-state index < -0.39 is 5.82 Å². The summed E-state index contributed by atoms with van der Waals surface area (Å²) in [5.41, 5.74) is 2.09. The number of anilines is 4. The van der Waals surface area contributed by atoms with Gasteiger partial charge in [0.1, 0.15) is 0 Å². The van der Waals surface area contributed by atoms with E-state index in [2.05, 4.69) is 20.6 Å². The van der Waals surface area contributed by atoms with Crippen LogP contribution in [-0.2, 0) is 0 Å². The lowest BCUT2D eigenvalue weighted by Gasteiger charge is -2.10. The van der Waals surface area contributed by atoms with Gasteiger partial charge >= 0.3 is 0 Å². The van der Waals surface area contributed by atoms with Crippen LogP contribution in [0.3, 0.4) is 0 Å². The van der Waals surface area contributed by atoms with Crippen molar-refractivity contribution in [1.29, 1.82) is 10.5 Å². The van der Waals surface area contributed by atoms with E-state index in [1.807, 2.05) is 12.1 Å². The van der Waals surface area contributed by atoms with Gasteiger partial charge in [0.2, 0.25) is 5.95 Å². The molecular formula is C18H11FN6. The third kappa shape index (κ3) is 3.87. The Labute approximate surface area is 143 Å². The Morgan fingerprint density at radius 2 is 1.48 bits per heavy atom. The molecule has 0 aliphatic heterocycles. The molecule has 0 fully saturated rings. The second-order valence-electron chi connectivity index (χ2n) is 5.03. The summed E-state index contributed by atoms with van der Waals surface area (Å²) >= 11 is 0. The van der Waals surface area contributed by atoms with Gasteiger partial charge in [0, 0.05) is 11.4 Å². The van der Waals surface area contributed by atoms with Crippen molar-refractivity contribution in [1.82, 2.24) is 9.97 Å². The van der Waals surface area contributed by atoms with Crippen LogP contribution in [0.1, 0.15) is 11.1 Å². The smallest absolute Gasteiger partial charge is 0.229 e. The third-order valence-electron chi connectivity index (χ3n) is 3.25. The van der Waals surface area contributed by atoms with Crippen LogP contribution in [0.15, 0.2) is 54.7 Å². The number of hydrogen-bond donors (Lipinski definition) is 2. The van der Waals surface area contributed by atoms with Crippen molar-refractivity contribution in [3.63, 3.8) is 0 Å². The first-order chi connectivity index (χ1) is 12.2. The average molecular weight is 330 g/mol. The normalized spacial score (nSPS) is 9.72. The maximum absolute atomic E-state index is 14.0. The van der Waals surface area contributed by atoms with Crippen LogP contribution in [0.5, 0.6) is 0 Å². The lowest BCUT2D eigenvalue weighted by atomic mass is 10.2. The standard InChI is InChI=1S/C18H11FN6/c19-16-11-22-18(24-15-6-2-4-13(8-15)10-21)25-17(16)23-14-5-1-3-12(7-14)9-20/h1-8,11H,(H2,22,23,24,25). The van der Waals surface area contributed by atoms with Gasteiger partial charge in [-0.05, 0) is 36.4 Å². The lowest BCUT2D eigenvalue weighted by Crippen LogP contribution is -2.03. The van der Waals surface area contributed by atoms with Gasteiger partial charge < -0.3 is 10.6 Å². The molecule has 0 spiro atoms. The van der Waals surface area contributed by atoms with Crippen LogP contribution in [0, 0.1) is 28.5 Å². The maximum atomic E-state index is 14.0. The van der Waals surface area contributed by atoms with Crippen LogP contribution in [-0.4, -0.2) is 9.97 Å². The highest BCUT2D eigenvalue weighted by Crippen LogP contribution is 2.21. The highest BCUT2D eigenvalue weighted by Gasteiger charge is 2.08. The molecule has 2 N–H and O–H groups in total. The predicted octanol–water partition coefficient (Wildman–Crippen LogP) is 3.85. The van der Waals surface area contributed by atoms with Crippen LogP contribution >= 0.6 is 0 Å². The first-order valence-electron chi connectivity index (χ1n) is 7.25. The molecule has 0 saturated heterocycles. The largest absolute Gasteiger partial charge is 0.338 e. The highest BCUT2D eigenvalue weighted by atomic mass is 19.1. The van der Waals surface area contributed by atoms with E-state index in [0.29, 0.717) is 22.5 Å². The monoisotopic (exact) mass is 330 g/mol. The van der Waals surface area contributed by atoms with Gasteiger partial charge in [0.15, 0.2) is 11.6 Å². The lowest BCUT2D eigenvalue weighted by molar-refractivity contribution is 0.619. The van der Waals surface area contributed by atoms with Crippen LogP contribution in [0.2, 0.25) is 0 Å². The minimum absolute atomic E-state index is 0.0240. The molecular weight excluding hydrogens is 319 g/mol. The van der Waals surface area contributed by atoms with E-state index in [-0.39, 0.29) is 11.8 Å². The number of hydrogen-bond acceptors (Lipinski definition) is 6. The van der Waals surface area contributed by atoms with Crippen LogP contribution in [0.25, 0.3) is 0 Å². The molecule has 0 radical (unpaired) electrons. The number of nitrogens with zero attached hydrogens (tertiary/aromatic N) is 4. The van der Waals surface area contributed by atoms with E-state index in [4.69, 9.17) is 10.5 Å². The van der Waals surface area contributed by atoms with E-state index >= 15 is 0 Å². The molecule has 25 heavy (non-hydrogen) atoms. The van der Waals surface area contributed by atoms with E-state index in [1.54, 1.807) is 48.5 Å². The first-order valence-corrected chi connectivity index (χ1v) is 7.25. The number of benzene rings is 2. The second-order valence-corrected chi connectivity index (χ2v) is 5.03. The van der Waals surface area contributed by atoms with Crippen LogP contribution in [0.4, 0.5) is 27.5 Å². The Balaban J connectivity index is 1.85. The molecule has 7 heteroatoms. The summed E-state index contributed by atoms with van der Waals surface area (Å²) in [6.45, 7) is 0. The zero-order valence-corrected chi connectivity index (χ0v) is 12.9. The second kappa shape index (κ2) is 7.07. The molecule has 1 aromatic heterocycles. The summed E-state index contributed by atoms with van der Waals surface area (Å²) < 4.78 is 14.0. The van der Waals surface area contributed by atoms with Gasteiger partial charge in [-0.2, -0.15) is 15.5 Å². The van der Waals surface area contributed by atoms with Crippen molar-refractivity contribution < 1.29 is 4.39 Å². The summed E-state index contributed by atoms with van der Waals surface area (Å²) in [4.78, 5) is 7.99. The Bertz CT molecular complexity index is 1000. The predicted molar refractivity (Wildman–Crippen MR) is 90.9 cm³/mol. The molecule has 1 heterocycles. The van der Waals surface area contributed by atoms with Gasteiger partial charge in [0.05, 0.1) is 29.5 Å². The van der Waals surface area contributed by atoms with Gasteiger partial charge in [-0.15, -0.1) is 0 Å². The molecule has 2 aromatic carbocycles. The Morgan fingerprint density at radius 1 is 0.880 bits per heavy atom. The third-order valence-corrected chi connectivity index (χ3v) is 3.25. The number of halogens is 1. The summed E-state index contributed by atoms with van der Waals surface area (Å²) in [6, 6.07) is 17.5. The Hall–Kier alpha value is -3.97. The highest BCUT2D eigenvalue weighted by molar-refractivity contribution is 5.62. The molecule has 120 valence electrons. The number of nitrogens with one attached hydrogen (secondary N) is 2. The van der Waals surface area contributed by atoms with Gasteiger partial charge in [-0.3, -0.25) is 0 Å². The molecule has 3 rings (SSSR count). The molecule has 0 aliphatic rings. The molecule has 3 aromatic rings. The Morgan fingerprint density at radius 3 is 2.08 bits per heavy atom. The maximum Gasteiger partial charge on any atom is 0.229 e. The van der Waals surface area contributed by atoms with Crippen molar-refractivity contribution >= 4 is 23.1 Å². The number of nitriles is 2. The molecule has 0 unspecified atom stereocenters. The topological polar surface area (TPSA) is 97.4 Å². The summed E-state index contributed by atoms with van der Waals surface area (Å²) in [7, 11) is 0.